The molecule has 4 saturated carbocycles. The molecular formula is C26H32Br2N2. The third-order valence-corrected chi connectivity index (χ3v) is 9.38. The number of hydrogen-bond donors (Lipinski definition) is 2. The van der Waals surface area contributed by atoms with Gasteiger partial charge < -0.3 is 10.6 Å². The predicted octanol–water partition coefficient (Wildman–Crippen LogP) is 8.10. The summed E-state index contributed by atoms with van der Waals surface area (Å²) in [7, 11) is 0. The van der Waals surface area contributed by atoms with E-state index >= 15 is 0 Å². The van der Waals surface area contributed by atoms with Crippen LogP contribution in [-0.2, 0) is 0 Å². The minimum absolute atomic E-state index is 0.575. The summed E-state index contributed by atoms with van der Waals surface area (Å²) in [4.78, 5) is 0. The summed E-state index contributed by atoms with van der Waals surface area (Å²) < 4.78 is 2.34. The average Bonchev–Trinajstić information content (AvgIpc) is 2.70. The van der Waals surface area contributed by atoms with Gasteiger partial charge >= 0.3 is 0 Å². The molecule has 2 N–H and O–H groups in total. The minimum atomic E-state index is 0.575. The smallest absolute Gasteiger partial charge is 0.0484 e. The van der Waals surface area contributed by atoms with E-state index in [0.29, 0.717) is 10.8 Å². The van der Waals surface area contributed by atoms with E-state index in [2.05, 4.69) is 91.0 Å². The molecule has 4 fully saturated rings. The highest BCUT2D eigenvalue weighted by atomic mass is 79.9. The second-order valence-electron chi connectivity index (χ2n) is 10.3. The van der Waals surface area contributed by atoms with Gasteiger partial charge in [-0.3, -0.25) is 0 Å². The first kappa shape index (κ1) is 20.9. The van der Waals surface area contributed by atoms with Gasteiger partial charge in [-0.25, -0.2) is 0 Å². The van der Waals surface area contributed by atoms with E-state index in [1.165, 1.54) is 71.7 Å². The zero-order chi connectivity index (χ0) is 20.6. The molecule has 0 saturated heterocycles. The second-order valence-corrected chi connectivity index (χ2v) is 12.0. The van der Waals surface area contributed by atoms with Crippen molar-refractivity contribution in [3.05, 3.63) is 57.5 Å². The molecule has 0 heterocycles. The molecule has 0 aliphatic heterocycles. The van der Waals surface area contributed by atoms with E-state index in [4.69, 9.17) is 0 Å². The van der Waals surface area contributed by atoms with E-state index in [-0.39, 0.29) is 0 Å². The number of halogens is 2. The molecule has 2 aromatic rings. The summed E-state index contributed by atoms with van der Waals surface area (Å²) in [5.41, 5.74) is 3.61. The monoisotopic (exact) mass is 530 g/mol. The van der Waals surface area contributed by atoms with E-state index < -0.39 is 0 Å². The molecule has 0 spiro atoms. The molecule has 30 heavy (non-hydrogen) atoms. The molecular weight excluding hydrogens is 500 g/mol. The molecule has 4 bridgehead atoms. The van der Waals surface area contributed by atoms with E-state index in [1.807, 2.05) is 0 Å². The maximum Gasteiger partial charge on any atom is 0.0484 e. The van der Waals surface area contributed by atoms with Crippen LogP contribution in [0.1, 0.15) is 51.4 Å². The number of benzene rings is 2. The third-order valence-electron chi connectivity index (χ3n) is 7.99. The van der Waals surface area contributed by atoms with Gasteiger partial charge in [0.25, 0.3) is 0 Å². The van der Waals surface area contributed by atoms with Crippen molar-refractivity contribution in [2.75, 3.05) is 23.7 Å². The van der Waals surface area contributed by atoms with Crippen molar-refractivity contribution < 1.29 is 0 Å². The Hall–Kier alpha value is -1.000. The normalized spacial score (nSPS) is 31.7. The van der Waals surface area contributed by atoms with Gasteiger partial charge in [0.1, 0.15) is 0 Å². The van der Waals surface area contributed by atoms with Crippen LogP contribution in [0.2, 0.25) is 0 Å². The van der Waals surface area contributed by atoms with E-state index in [0.717, 1.165) is 24.9 Å². The molecule has 6 rings (SSSR count). The van der Waals surface area contributed by atoms with Gasteiger partial charge in [-0.1, -0.05) is 24.3 Å². The van der Waals surface area contributed by atoms with Crippen LogP contribution < -0.4 is 10.6 Å². The zero-order valence-corrected chi connectivity index (χ0v) is 20.8. The SMILES string of the molecule is Brc1ccccc1NCCC12CC3CC(C1)CC(CCNc1ccccc1Br)(C3)C2. The topological polar surface area (TPSA) is 24.1 Å². The van der Waals surface area contributed by atoms with Crippen molar-refractivity contribution in [3.8, 4) is 0 Å². The van der Waals surface area contributed by atoms with Crippen LogP contribution in [-0.4, -0.2) is 13.1 Å². The molecule has 4 aliphatic rings. The predicted molar refractivity (Wildman–Crippen MR) is 134 cm³/mol. The summed E-state index contributed by atoms with van der Waals surface area (Å²) in [6.45, 7) is 2.18. The molecule has 4 aliphatic carbocycles. The fourth-order valence-corrected chi connectivity index (χ4v) is 8.22. The third kappa shape index (κ3) is 4.32. The van der Waals surface area contributed by atoms with Gasteiger partial charge in [-0.15, -0.1) is 0 Å². The van der Waals surface area contributed by atoms with Crippen LogP contribution in [0, 0.1) is 22.7 Å². The Labute approximate surface area is 197 Å². The number of hydrogen-bond acceptors (Lipinski definition) is 2. The van der Waals surface area contributed by atoms with Crippen molar-refractivity contribution in [1.29, 1.82) is 0 Å². The van der Waals surface area contributed by atoms with Crippen molar-refractivity contribution in [3.63, 3.8) is 0 Å². The first-order valence-corrected chi connectivity index (χ1v) is 13.1. The molecule has 2 nitrogen and oxygen atoms in total. The van der Waals surface area contributed by atoms with Crippen LogP contribution in [0.3, 0.4) is 0 Å². The Balaban J connectivity index is 1.22. The summed E-state index contributed by atoms with van der Waals surface area (Å²) in [5.74, 6) is 1.94. The molecule has 0 atom stereocenters. The first-order chi connectivity index (χ1) is 14.5. The standard InChI is InChI=1S/C26H32Br2N2/c27-21-5-1-3-7-23(21)29-11-9-25-14-19-13-20(15-25)17-26(16-19,18-25)10-12-30-24-8-4-2-6-22(24)28/h1-8,19-20,29-30H,9-18H2. The van der Waals surface area contributed by atoms with Crippen molar-refractivity contribution >= 4 is 43.2 Å². The Bertz CT molecular complexity index is 813. The maximum atomic E-state index is 3.71. The fraction of sp³-hybridized carbons (Fsp3) is 0.538. The van der Waals surface area contributed by atoms with Gasteiger partial charge in [0, 0.05) is 33.4 Å². The van der Waals surface area contributed by atoms with E-state index in [1.54, 1.807) is 0 Å². The minimum Gasteiger partial charge on any atom is -0.384 e. The van der Waals surface area contributed by atoms with Crippen molar-refractivity contribution in [2.24, 2.45) is 22.7 Å². The van der Waals surface area contributed by atoms with Gasteiger partial charge in [0.2, 0.25) is 0 Å². The molecule has 0 radical (unpaired) electrons. The number of nitrogens with one attached hydrogen (secondary N) is 2. The van der Waals surface area contributed by atoms with Gasteiger partial charge in [-0.2, -0.15) is 0 Å². The average molecular weight is 532 g/mol. The fourth-order valence-electron chi connectivity index (χ4n) is 7.37. The molecule has 0 unspecified atom stereocenters. The summed E-state index contributed by atoms with van der Waals surface area (Å²) in [6, 6.07) is 17.0. The quantitative estimate of drug-likeness (QED) is 0.359. The lowest BCUT2D eigenvalue weighted by Crippen LogP contribution is -2.52. The molecule has 4 heteroatoms. The lowest BCUT2D eigenvalue weighted by molar-refractivity contribution is -0.114. The Morgan fingerprint density at radius 2 is 1.13 bits per heavy atom. The highest BCUT2D eigenvalue weighted by Gasteiger charge is 2.56. The van der Waals surface area contributed by atoms with Crippen LogP contribution in [0.15, 0.2) is 57.5 Å². The summed E-state index contributed by atoms with van der Waals surface area (Å²) >= 11 is 7.36. The zero-order valence-electron chi connectivity index (χ0n) is 17.6. The Kier molecular flexibility index (Phi) is 5.92. The van der Waals surface area contributed by atoms with Crippen molar-refractivity contribution in [1.82, 2.24) is 0 Å². The second kappa shape index (κ2) is 8.50. The Morgan fingerprint density at radius 1 is 0.700 bits per heavy atom. The van der Waals surface area contributed by atoms with Crippen LogP contribution in [0.5, 0.6) is 0 Å². The molecule has 160 valence electrons. The van der Waals surface area contributed by atoms with Crippen LogP contribution in [0.4, 0.5) is 11.4 Å². The highest BCUT2D eigenvalue weighted by molar-refractivity contribution is 9.11. The van der Waals surface area contributed by atoms with Gasteiger partial charge in [0.15, 0.2) is 0 Å². The van der Waals surface area contributed by atoms with Gasteiger partial charge in [0.05, 0.1) is 0 Å². The van der Waals surface area contributed by atoms with Gasteiger partial charge in [-0.05, 0) is 130 Å². The largest absolute Gasteiger partial charge is 0.384 e. The van der Waals surface area contributed by atoms with Crippen molar-refractivity contribution in [2.45, 2.75) is 51.4 Å². The Morgan fingerprint density at radius 3 is 1.57 bits per heavy atom. The lowest BCUT2D eigenvalue weighted by atomic mass is 9.43. The molecule has 0 aromatic heterocycles. The van der Waals surface area contributed by atoms with Crippen LogP contribution >= 0.6 is 31.9 Å². The first-order valence-electron chi connectivity index (χ1n) is 11.5. The maximum absolute atomic E-state index is 3.71. The summed E-state index contributed by atoms with van der Waals surface area (Å²) in [5, 5.41) is 7.41. The van der Waals surface area contributed by atoms with Crippen LogP contribution in [0.25, 0.3) is 0 Å². The highest BCUT2D eigenvalue weighted by Crippen LogP contribution is 2.67. The number of anilines is 2. The number of para-hydroxylation sites is 2. The summed E-state index contributed by atoms with van der Waals surface area (Å²) in [6.07, 6.45) is 11.5. The molecule has 0 amide bonds. The number of rotatable bonds is 8. The molecule has 2 aromatic carbocycles. The lowest BCUT2D eigenvalue weighted by Gasteiger charge is -2.63. The van der Waals surface area contributed by atoms with E-state index in [9.17, 15) is 0 Å².